The summed E-state index contributed by atoms with van der Waals surface area (Å²) in [5.74, 6) is -1.03. The summed E-state index contributed by atoms with van der Waals surface area (Å²) in [6.07, 6.45) is 2.18. The molecule has 0 atom stereocenters. The SMILES string of the molecule is NC(=O)Oc1c(N)nc(-c2nn(Cc3ccncc3)c3c(F)cccc23)nc1N. The lowest BCUT2D eigenvalue weighted by Crippen LogP contribution is -2.19. The van der Waals surface area contributed by atoms with Crippen LogP contribution >= 0.6 is 0 Å². The highest BCUT2D eigenvalue weighted by molar-refractivity contribution is 5.92. The van der Waals surface area contributed by atoms with E-state index in [4.69, 9.17) is 21.9 Å². The molecule has 0 aliphatic heterocycles. The highest BCUT2D eigenvalue weighted by Gasteiger charge is 2.21. The zero-order valence-electron chi connectivity index (χ0n) is 14.9. The van der Waals surface area contributed by atoms with E-state index in [2.05, 4.69) is 20.1 Å². The van der Waals surface area contributed by atoms with Crippen molar-refractivity contribution in [1.29, 1.82) is 0 Å². The number of fused-ring (bicyclic) bond motifs is 1. The van der Waals surface area contributed by atoms with E-state index in [9.17, 15) is 9.18 Å². The van der Waals surface area contributed by atoms with Crippen molar-refractivity contribution in [2.75, 3.05) is 11.5 Å². The summed E-state index contributed by atoms with van der Waals surface area (Å²) in [5.41, 5.74) is 18.1. The van der Waals surface area contributed by atoms with Gasteiger partial charge in [0, 0.05) is 17.8 Å². The molecule has 29 heavy (non-hydrogen) atoms. The Kier molecular flexibility index (Phi) is 4.39. The van der Waals surface area contributed by atoms with Crippen molar-refractivity contribution < 1.29 is 13.9 Å². The van der Waals surface area contributed by atoms with Crippen LogP contribution in [0.2, 0.25) is 0 Å². The zero-order valence-corrected chi connectivity index (χ0v) is 14.9. The number of primary amides is 1. The van der Waals surface area contributed by atoms with Gasteiger partial charge >= 0.3 is 6.09 Å². The number of aromatic nitrogens is 5. The van der Waals surface area contributed by atoms with Crippen LogP contribution in [0.3, 0.4) is 0 Å². The Morgan fingerprint density at radius 3 is 2.45 bits per heavy atom. The van der Waals surface area contributed by atoms with Crippen molar-refractivity contribution in [2.45, 2.75) is 6.54 Å². The van der Waals surface area contributed by atoms with Crippen molar-refractivity contribution in [3.63, 3.8) is 0 Å². The number of nitrogen functional groups attached to an aromatic ring is 2. The minimum Gasteiger partial charge on any atom is -0.403 e. The molecule has 0 unspecified atom stereocenters. The van der Waals surface area contributed by atoms with Gasteiger partial charge in [-0.25, -0.2) is 19.2 Å². The van der Waals surface area contributed by atoms with Gasteiger partial charge in [0.05, 0.1) is 6.54 Å². The molecule has 11 heteroatoms. The number of carbonyl (C=O) groups excluding carboxylic acids is 1. The molecule has 3 aromatic heterocycles. The van der Waals surface area contributed by atoms with E-state index in [1.54, 1.807) is 36.7 Å². The highest BCUT2D eigenvalue weighted by atomic mass is 19.1. The second-order valence-corrected chi connectivity index (χ2v) is 6.07. The maximum atomic E-state index is 14.6. The Morgan fingerprint density at radius 2 is 1.79 bits per heavy atom. The first-order valence-electron chi connectivity index (χ1n) is 8.38. The molecule has 1 aromatic carbocycles. The monoisotopic (exact) mass is 394 g/mol. The molecule has 4 aromatic rings. The fourth-order valence-electron chi connectivity index (χ4n) is 2.93. The zero-order chi connectivity index (χ0) is 20.5. The van der Waals surface area contributed by atoms with Gasteiger partial charge in [0.1, 0.15) is 17.0 Å². The van der Waals surface area contributed by atoms with Crippen molar-refractivity contribution in [1.82, 2.24) is 24.7 Å². The molecule has 0 bridgehead atoms. The summed E-state index contributed by atoms with van der Waals surface area (Å²) in [7, 11) is 0. The van der Waals surface area contributed by atoms with Crippen LogP contribution in [0, 0.1) is 5.82 Å². The molecular formula is C18H15FN8O2. The van der Waals surface area contributed by atoms with Gasteiger partial charge in [0.25, 0.3) is 0 Å². The van der Waals surface area contributed by atoms with Gasteiger partial charge in [-0.05, 0) is 23.8 Å². The first-order valence-corrected chi connectivity index (χ1v) is 8.38. The van der Waals surface area contributed by atoms with Gasteiger partial charge in [-0.3, -0.25) is 9.67 Å². The topological polar surface area (TPSA) is 161 Å². The molecule has 3 heterocycles. The minimum atomic E-state index is -1.10. The summed E-state index contributed by atoms with van der Waals surface area (Å²) in [4.78, 5) is 23.2. The third kappa shape index (κ3) is 3.36. The molecule has 146 valence electrons. The number of para-hydroxylation sites is 1. The number of pyridine rings is 1. The normalized spacial score (nSPS) is 10.9. The molecule has 0 spiro atoms. The number of benzene rings is 1. The fourth-order valence-corrected chi connectivity index (χ4v) is 2.93. The first kappa shape index (κ1) is 18.1. The van der Waals surface area contributed by atoms with E-state index < -0.39 is 11.9 Å². The molecule has 0 saturated heterocycles. The van der Waals surface area contributed by atoms with Gasteiger partial charge in [-0.15, -0.1) is 0 Å². The predicted molar refractivity (Wildman–Crippen MR) is 103 cm³/mol. The predicted octanol–water partition coefficient (Wildman–Crippen LogP) is 1.70. The lowest BCUT2D eigenvalue weighted by Gasteiger charge is -2.08. The molecule has 6 N–H and O–H groups in total. The molecule has 10 nitrogen and oxygen atoms in total. The number of anilines is 2. The number of carbonyl (C=O) groups is 1. The number of ether oxygens (including phenoxy) is 1. The Bertz CT molecular complexity index is 1200. The van der Waals surface area contributed by atoms with E-state index in [-0.39, 0.29) is 34.4 Å². The maximum absolute atomic E-state index is 14.6. The van der Waals surface area contributed by atoms with E-state index in [0.29, 0.717) is 11.9 Å². The van der Waals surface area contributed by atoms with Crippen LogP contribution < -0.4 is 21.9 Å². The minimum absolute atomic E-state index is 0.0564. The van der Waals surface area contributed by atoms with Crippen LogP contribution in [-0.2, 0) is 6.54 Å². The highest BCUT2D eigenvalue weighted by Crippen LogP contribution is 2.32. The summed E-state index contributed by atoms with van der Waals surface area (Å²) >= 11 is 0. The van der Waals surface area contributed by atoms with Gasteiger partial charge in [0.2, 0.25) is 5.75 Å². The van der Waals surface area contributed by atoms with Crippen molar-refractivity contribution >= 4 is 28.6 Å². The Morgan fingerprint density at radius 1 is 1.10 bits per heavy atom. The van der Waals surface area contributed by atoms with E-state index >= 15 is 0 Å². The molecule has 1 amide bonds. The summed E-state index contributed by atoms with van der Waals surface area (Å²) < 4.78 is 20.8. The lowest BCUT2D eigenvalue weighted by atomic mass is 10.2. The van der Waals surface area contributed by atoms with E-state index in [0.717, 1.165) is 5.56 Å². The van der Waals surface area contributed by atoms with Crippen LogP contribution in [0.25, 0.3) is 22.4 Å². The van der Waals surface area contributed by atoms with Crippen LogP contribution in [0.4, 0.5) is 20.8 Å². The number of hydrogen-bond acceptors (Lipinski definition) is 8. The third-order valence-corrected chi connectivity index (χ3v) is 4.13. The number of nitrogens with zero attached hydrogens (tertiary/aromatic N) is 5. The number of nitrogens with two attached hydrogens (primary N) is 3. The van der Waals surface area contributed by atoms with Crippen LogP contribution in [-0.4, -0.2) is 30.8 Å². The van der Waals surface area contributed by atoms with Crippen LogP contribution in [0.5, 0.6) is 5.75 Å². The molecule has 4 rings (SSSR count). The van der Waals surface area contributed by atoms with Gasteiger partial charge in [-0.1, -0.05) is 12.1 Å². The van der Waals surface area contributed by atoms with Crippen LogP contribution in [0.1, 0.15) is 5.56 Å². The Labute approximate surface area is 163 Å². The van der Waals surface area contributed by atoms with Crippen LogP contribution in [0.15, 0.2) is 42.7 Å². The largest absolute Gasteiger partial charge is 0.410 e. The van der Waals surface area contributed by atoms with E-state index in [1.807, 2.05) is 0 Å². The Balaban J connectivity index is 1.87. The molecule has 0 radical (unpaired) electrons. The average Bonchev–Trinajstić information content (AvgIpc) is 3.05. The molecule has 0 saturated carbocycles. The molecular weight excluding hydrogens is 379 g/mol. The standard InChI is InChI=1S/C18H15FN8O2/c19-11-3-1-2-10-12(17-24-15(20)14(16(21)25-17)29-18(22)28)26-27(13(10)11)8-9-4-6-23-7-5-9/h1-7H,8H2,(H2,22,28)(H4,20,21,24,25). The van der Waals surface area contributed by atoms with Crippen molar-refractivity contribution in [3.8, 4) is 17.3 Å². The smallest absolute Gasteiger partial charge is 0.403 e. The second kappa shape index (κ2) is 7.03. The van der Waals surface area contributed by atoms with Gasteiger partial charge < -0.3 is 21.9 Å². The quantitative estimate of drug-likeness (QED) is 0.471. The molecule has 0 fully saturated rings. The van der Waals surface area contributed by atoms with E-state index in [1.165, 1.54) is 10.7 Å². The number of amides is 1. The Hall–Kier alpha value is -4.28. The second-order valence-electron chi connectivity index (χ2n) is 6.07. The summed E-state index contributed by atoms with van der Waals surface area (Å²) in [6, 6.07) is 8.18. The maximum Gasteiger partial charge on any atom is 0.410 e. The number of halogens is 1. The number of hydrogen-bond donors (Lipinski definition) is 3. The van der Waals surface area contributed by atoms with Crippen molar-refractivity contribution in [2.24, 2.45) is 5.73 Å². The van der Waals surface area contributed by atoms with Gasteiger partial charge in [-0.2, -0.15) is 5.10 Å². The van der Waals surface area contributed by atoms with Gasteiger partial charge in [0.15, 0.2) is 17.5 Å². The summed E-state index contributed by atoms with van der Waals surface area (Å²) in [5, 5.41) is 4.95. The third-order valence-electron chi connectivity index (χ3n) is 4.13. The lowest BCUT2D eigenvalue weighted by molar-refractivity contribution is 0.211. The van der Waals surface area contributed by atoms with Crippen molar-refractivity contribution in [3.05, 3.63) is 54.1 Å². The molecule has 0 aliphatic carbocycles. The first-order chi connectivity index (χ1) is 13.9. The number of rotatable bonds is 4. The fraction of sp³-hybridized carbons (Fsp3) is 0.0556. The summed E-state index contributed by atoms with van der Waals surface area (Å²) in [6.45, 7) is 0.299. The average molecular weight is 394 g/mol. The molecule has 0 aliphatic rings.